The summed E-state index contributed by atoms with van der Waals surface area (Å²) in [6, 6.07) is -4.35. The second-order valence-corrected chi connectivity index (χ2v) is 9.01. The first-order valence-electron chi connectivity index (χ1n) is 10.7. The van der Waals surface area contributed by atoms with Crippen molar-refractivity contribution in [3.63, 3.8) is 0 Å². The molecule has 3 amide bonds. The van der Waals surface area contributed by atoms with Gasteiger partial charge < -0.3 is 37.6 Å². The Kier molecular flexibility index (Phi) is 14.9. The second-order valence-electron chi connectivity index (χ2n) is 8.03. The van der Waals surface area contributed by atoms with Crippen LogP contribution >= 0.6 is 11.8 Å². The number of hydrogen-bond acceptors (Lipinski definition) is 8. The molecule has 0 radical (unpaired) electrons. The second kappa shape index (κ2) is 15.8. The van der Waals surface area contributed by atoms with Gasteiger partial charge in [-0.2, -0.15) is 11.8 Å². The van der Waals surface area contributed by atoms with Crippen LogP contribution < -0.4 is 27.4 Å². The Morgan fingerprint density at radius 2 is 1.50 bits per heavy atom. The lowest BCUT2D eigenvalue weighted by Gasteiger charge is -2.27. The van der Waals surface area contributed by atoms with Crippen LogP contribution in [0.2, 0.25) is 0 Å². The zero-order valence-corrected chi connectivity index (χ0v) is 20.1. The third kappa shape index (κ3) is 11.1. The van der Waals surface area contributed by atoms with Gasteiger partial charge in [-0.25, -0.2) is 4.79 Å². The summed E-state index contributed by atoms with van der Waals surface area (Å²) in [5.74, 6) is -2.95. The molecule has 0 aliphatic carbocycles. The van der Waals surface area contributed by atoms with Crippen LogP contribution in [0.1, 0.15) is 46.5 Å². The molecule has 9 N–H and O–H groups in total. The van der Waals surface area contributed by atoms with E-state index in [1.54, 1.807) is 25.6 Å². The number of carboxylic acids is 1. The van der Waals surface area contributed by atoms with Crippen molar-refractivity contribution in [3.8, 4) is 0 Å². The molecule has 0 heterocycles. The summed E-state index contributed by atoms with van der Waals surface area (Å²) in [4.78, 5) is 49.2. The Hall–Kier alpha value is -1.89. The number of carboxylic acid groups (broad SMARTS) is 1. The number of nitrogens with one attached hydrogen (secondary N) is 3. The third-order valence-corrected chi connectivity index (χ3v) is 5.49. The van der Waals surface area contributed by atoms with Crippen molar-refractivity contribution in [2.75, 3.05) is 18.6 Å². The molecule has 0 aromatic rings. The van der Waals surface area contributed by atoms with E-state index in [1.807, 2.05) is 6.26 Å². The highest BCUT2D eigenvalue weighted by Gasteiger charge is 2.33. The number of carbonyl (C=O) groups is 4. The number of unbranched alkanes of at least 4 members (excludes halogenated alkanes) is 1. The summed E-state index contributed by atoms with van der Waals surface area (Å²) in [7, 11) is 0. The highest BCUT2D eigenvalue weighted by Crippen LogP contribution is 2.07. The molecule has 0 aromatic carbocycles. The first kappa shape index (κ1) is 30.1. The molecule has 0 fully saturated rings. The normalized spacial score (nSPS) is 15.9. The molecule has 32 heavy (non-hydrogen) atoms. The third-order valence-electron chi connectivity index (χ3n) is 4.84. The van der Waals surface area contributed by atoms with E-state index in [2.05, 4.69) is 16.0 Å². The summed E-state index contributed by atoms with van der Waals surface area (Å²) in [6.45, 7) is 4.96. The summed E-state index contributed by atoms with van der Waals surface area (Å²) >= 11 is 1.55. The van der Waals surface area contributed by atoms with Crippen LogP contribution in [0.25, 0.3) is 0 Å². The standard InChI is InChI=1S/C20H39N5O6S/c1-11(2)15(20(30)31)24-19(29)16(12(3)26)25-18(28)14(7-5-6-9-21)23-17(27)13(22)8-10-32-4/h11-16,26H,5-10,21-22H2,1-4H3,(H,23,27)(H,24,29)(H,25,28)(H,30,31). The number of carbonyl (C=O) groups excluding carboxylic acids is 3. The van der Waals surface area contributed by atoms with Crippen molar-refractivity contribution < 1.29 is 29.4 Å². The quantitative estimate of drug-likeness (QED) is 0.133. The maximum Gasteiger partial charge on any atom is 0.326 e. The van der Waals surface area contributed by atoms with Crippen LogP contribution in [0.4, 0.5) is 0 Å². The Balaban J connectivity index is 5.36. The van der Waals surface area contributed by atoms with E-state index in [-0.39, 0.29) is 6.42 Å². The minimum atomic E-state index is -1.40. The largest absolute Gasteiger partial charge is 0.480 e. The maximum atomic E-state index is 12.9. The molecule has 0 rings (SSSR count). The molecule has 0 aromatic heterocycles. The van der Waals surface area contributed by atoms with Gasteiger partial charge >= 0.3 is 5.97 Å². The summed E-state index contributed by atoms with van der Waals surface area (Å²) in [6.07, 6.45) is 2.48. The predicted molar refractivity (Wildman–Crippen MR) is 124 cm³/mol. The molecular formula is C20H39N5O6S. The topological polar surface area (TPSA) is 197 Å². The van der Waals surface area contributed by atoms with Gasteiger partial charge in [-0.15, -0.1) is 0 Å². The SMILES string of the molecule is CSCCC(N)C(=O)NC(CCCCN)C(=O)NC(C(=O)NC(C(=O)O)C(C)C)C(C)O. The van der Waals surface area contributed by atoms with Gasteiger partial charge in [0.25, 0.3) is 0 Å². The van der Waals surface area contributed by atoms with Gasteiger partial charge in [0.2, 0.25) is 17.7 Å². The molecule has 0 spiro atoms. The molecule has 0 bridgehead atoms. The zero-order chi connectivity index (χ0) is 24.8. The molecule has 0 saturated heterocycles. The van der Waals surface area contributed by atoms with Gasteiger partial charge in [-0.3, -0.25) is 14.4 Å². The highest BCUT2D eigenvalue weighted by molar-refractivity contribution is 7.98. The average molecular weight is 478 g/mol. The minimum Gasteiger partial charge on any atom is -0.480 e. The number of rotatable bonds is 16. The molecule has 5 atom stereocenters. The highest BCUT2D eigenvalue weighted by atomic mass is 32.2. The molecule has 0 aliphatic rings. The van der Waals surface area contributed by atoms with E-state index in [4.69, 9.17) is 11.5 Å². The van der Waals surface area contributed by atoms with Crippen molar-refractivity contribution in [1.29, 1.82) is 0 Å². The first-order valence-corrected chi connectivity index (χ1v) is 12.1. The summed E-state index contributed by atoms with van der Waals surface area (Å²) in [5.41, 5.74) is 11.4. The lowest BCUT2D eigenvalue weighted by Crippen LogP contribution is -2.60. The van der Waals surface area contributed by atoms with E-state index in [9.17, 15) is 29.4 Å². The number of aliphatic hydroxyl groups is 1. The number of amides is 3. The van der Waals surface area contributed by atoms with Crippen LogP contribution in [0.5, 0.6) is 0 Å². The summed E-state index contributed by atoms with van der Waals surface area (Å²) < 4.78 is 0. The van der Waals surface area contributed by atoms with Gasteiger partial charge in [-0.1, -0.05) is 13.8 Å². The Morgan fingerprint density at radius 3 is 1.97 bits per heavy atom. The monoisotopic (exact) mass is 477 g/mol. The van der Waals surface area contributed by atoms with E-state index >= 15 is 0 Å². The Labute approximate surface area is 193 Å². The average Bonchev–Trinajstić information content (AvgIpc) is 2.72. The van der Waals surface area contributed by atoms with E-state index in [1.165, 1.54) is 6.92 Å². The molecule has 12 heteroatoms. The van der Waals surface area contributed by atoms with Crippen LogP contribution in [0.15, 0.2) is 0 Å². The summed E-state index contributed by atoms with van der Waals surface area (Å²) in [5, 5.41) is 26.7. The van der Waals surface area contributed by atoms with Crippen LogP contribution in [-0.2, 0) is 19.2 Å². The van der Waals surface area contributed by atoms with Crippen LogP contribution in [0, 0.1) is 5.92 Å². The fraction of sp³-hybridized carbons (Fsp3) is 0.800. The Bertz CT molecular complexity index is 619. The number of nitrogens with two attached hydrogens (primary N) is 2. The lowest BCUT2D eigenvalue weighted by atomic mass is 10.0. The molecule has 11 nitrogen and oxygen atoms in total. The van der Waals surface area contributed by atoms with Gasteiger partial charge in [0.05, 0.1) is 12.1 Å². The lowest BCUT2D eigenvalue weighted by molar-refractivity contribution is -0.144. The number of aliphatic hydroxyl groups excluding tert-OH is 1. The van der Waals surface area contributed by atoms with Gasteiger partial charge in [0, 0.05) is 0 Å². The van der Waals surface area contributed by atoms with Crippen molar-refractivity contribution in [2.24, 2.45) is 17.4 Å². The van der Waals surface area contributed by atoms with Crippen molar-refractivity contribution in [2.45, 2.75) is 76.7 Å². The van der Waals surface area contributed by atoms with Gasteiger partial charge in [0.1, 0.15) is 18.1 Å². The van der Waals surface area contributed by atoms with Crippen molar-refractivity contribution in [3.05, 3.63) is 0 Å². The number of aliphatic carboxylic acids is 1. The van der Waals surface area contributed by atoms with E-state index in [0.717, 1.165) is 0 Å². The fourth-order valence-electron chi connectivity index (χ4n) is 2.83. The van der Waals surface area contributed by atoms with E-state index in [0.29, 0.717) is 31.6 Å². The van der Waals surface area contributed by atoms with Crippen molar-refractivity contribution >= 4 is 35.5 Å². The fourth-order valence-corrected chi connectivity index (χ4v) is 3.32. The first-order chi connectivity index (χ1) is 15.0. The van der Waals surface area contributed by atoms with E-state index < -0.39 is 59.9 Å². The maximum absolute atomic E-state index is 12.9. The van der Waals surface area contributed by atoms with Crippen LogP contribution in [-0.4, -0.2) is 82.7 Å². The number of thioether (sulfide) groups is 1. The van der Waals surface area contributed by atoms with Gasteiger partial charge in [0.15, 0.2) is 0 Å². The minimum absolute atomic E-state index is 0.266. The molecular weight excluding hydrogens is 438 g/mol. The molecule has 186 valence electrons. The number of hydrogen-bond donors (Lipinski definition) is 7. The smallest absolute Gasteiger partial charge is 0.326 e. The zero-order valence-electron chi connectivity index (χ0n) is 19.3. The Morgan fingerprint density at radius 1 is 0.906 bits per heavy atom. The van der Waals surface area contributed by atoms with Gasteiger partial charge in [-0.05, 0) is 57.1 Å². The van der Waals surface area contributed by atoms with Crippen LogP contribution in [0.3, 0.4) is 0 Å². The molecule has 5 unspecified atom stereocenters. The predicted octanol–water partition coefficient (Wildman–Crippen LogP) is -1.23. The molecule has 0 aliphatic heterocycles. The molecule has 0 saturated carbocycles. The van der Waals surface area contributed by atoms with Crippen molar-refractivity contribution in [1.82, 2.24) is 16.0 Å².